The summed E-state index contributed by atoms with van der Waals surface area (Å²) in [5.74, 6) is 0.566. The van der Waals surface area contributed by atoms with Gasteiger partial charge in [-0.1, -0.05) is 18.2 Å². The topological polar surface area (TPSA) is 80.0 Å². The number of hydrogen-bond acceptors (Lipinski definition) is 4. The maximum atomic E-state index is 11.8. The van der Waals surface area contributed by atoms with Crippen molar-refractivity contribution in [1.82, 2.24) is 10.3 Å². The second kappa shape index (κ2) is 6.56. The number of rotatable bonds is 5. The number of carbonyl (C=O) groups is 1. The second-order valence-electron chi connectivity index (χ2n) is 4.44. The SMILES string of the molecule is Cc1ccc(N)c(NCCNC(=O)c2ccccc2)n1. The van der Waals surface area contributed by atoms with Gasteiger partial charge in [0.05, 0.1) is 5.69 Å². The molecular weight excluding hydrogens is 252 g/mol. The fourth-order valence-corrected chi connectivity index (χ4v) is 1.76. The minimum absolute atomic E-state index is 0.0856. The number of nitrogens with one attached hydrogen (secondary N) is 2. The number of hydrogen-bond donors (Lipinski definition) is 3. The third-order valence-corrected chi connectivity index (χ3v) is 2.80. The van der Waals surface area contributed by atoms with Crippen molar-refractivity contribution in [3.63, 3.8) is 0 Å². The zero-order valence-corrected chi connectivity index (χ0v) is 11.4. The molecule has 1 amide bonds. The summed E-state index contributed by atoms with van der Waals surface area (Å²) in [6, 6.07) is 12.8. The van der Waals surface area contributed by atoms with Crippen LogP contribution in [0.4, 0.5) is 11.5 Å². The number of nitrogen functional groups attached to an aromatic ring is 1. The number of benzene rings is 1. The van der Waals surface area contributed by atoms with Crippen LogP contribution >= 0.6 is 0 Å². The zero-order chi connectivity index (χ0) is 14.4. The number of nitrogens with zero attached hydrogens (tertiary/aromatic N) is 1. The van der Waals surface area contributed by atoms with Gasteiger partial charge in [-0.3, -0.25) is 4.79 Å². The summed E-state index contributed by atoms with van der Waals surface area (Å²) in [6.07, 6.45) is 0. The Hall–Kier alpha value is -2.56. The normalized spacial score (nSPS) is 10.1. The smallest absolute Gasteiger partial charge is 0.251 e. The largest absolute Gasteiger partial charge is 0.396 e. The number of nitrogens with two attached hydrogens (primary N) is 1. The summed E-state index contributed by atoms with van der Waals surface area (Å²) < 4.78 is 0. The quantitative estimate of drug-likeness (QED) is 0.724. The van der Waals surface area contributed by atoms with Crippen LogP contribution < -0.4 is 16.4 Å². The van der Waals surface area contributed by atoms with Crippen molar-refractivity contribution in [3.05, 3.63) is 53.7 Å². The van der Waals surface area contributed by atoms with Crippen LogP contribution in [0.15, 0.2) is 42.5 Å². The third-order valence-electron chi connectivity index (χ3n) is 2.80. The first kappa shape index (κ1) is 13.9. The Morgan fingerprint density at radius 2 is 1.90 bits per heavy atom. The van der Waals surface area contributed by atoms with E-state index in [1.54, 1.807) is 12.1 Å². The van der Waals surface area contributed by atoms with Gasteiger partial charge >= 0.3 is 0 Å². The Morgan fingerprint density at radius 3 is 2.65 bits per heavy atom. The van der Waals surface area contributed by atoms with Gasteiger partial charge in [-0.2, -0.15) is 0 Å². The molecule has 0 atom stereocenters. The molecular formula is C15H18N4O. The van der Waals surface area contributed by atoms with E-state index in [-0.39, 0.29) is 5.91 Å². The molecule has 1 heterocycles. The van der Waals surface area contributed by atoms with E-state index in [0.717, 1.165) is 5.69 Å². The summed E-state index contributed by atoms with van der Waals surface area (Å²) in [4.78, 5) is 16.1. The lowest BCUT2D eigenvalue weighted by Gasteiger charge is -2.10. The highest BCUT2D eigenvalue weighted by atomic mass is 16.1. The van der Waals surface area contributed by atoms with Crippen molar-refractivity contribution >= 4 is 17.4 Å². The second-order valence-corrected chi connectivity index (χ2v) is 4.44. The van der Waals surface area contributed by atoms with Gasteiger partial charge in [0.2, 0.25) is 0 Å². The molecule has 104 valence electrons. The average molecular weight is 270 g/mol. The van der Waals surface area contributed by atoms with Crippen LogP contribution in [-0.4, -0.2) is 24.0 Å². The fourth-order valence-electron chi connectivity index (χ4n) is 1.76. The number of anilines is 2. The lowest BCUT2D eigenvalue weighted by Crippen LogP contribution is -2.29. The first-order valence-corrected chi connectivity index (χ1v) is 6.47. The first-order valence-electron chi connectivity index (χ1n) is 6.47. The van der Waals surface area contributed by atoms with E-state index in [0.29, 0.717) is 30.2 Å². The van der Waals surface area contributed by atoms with Crippen molar-refractivity contribution in [2.45, 2.75) is 6.92 Å². The minimum Gasteiger partial charge on any atom is -0.396 e. The van der Waals surface area contributed by atoms with E-state index in [1.807, 2.05) is 37.3 Å². The van der Waals surface area contributed by atoms with Gasteiger partial charge in [0.25, 0.3) is 5.91 Å². The molecule has 5 nitrogen and oxygen atoms in total. The summed E-state index contributed by atoms with van der Waals surface area (Å²) in [7, 11) is 0. The van der Waals surface area contributed by atoms with Gasteiger partial charge in [-0.25, -0.2) is 4.98 Å². The van der Waals surface area contributed by atoms with E-state index in [1.165, 1.54) is 0 Å². The van der Waals surface area contributed by atoms with Gasteiger partial charge in [0, 0.05) is 24.3 Å². The Morgan fingerprint density at radius 1 is 1.15 bits per heavy atom. The molecule has 1 aromatic carbocycles. The van der Waals surface area contributed by atoms with Gasteiger partial charge in [-0.05, 0) is 31.2 Å². The molecule has 0 aliphatic rings. The van der Waals surface area contributed by atoms with Crippen LogP contribution in [0.3, 0.4) is 0 Å². The molecule has 0 unspecified atom stereocenters. The maximum Gasteiger partial charge on any atom is 0.251 e. The van der Waals surface area contributed by atoms with Gasteiger partial charge in [-0.15, -0.1) is 0 Å². The minimum atomic E-state index is -0.0856. The molecule has 1 aromatic heterocycles. The van der Waals surface area contributed by atoms with Crippen LogP contribution in [0.2, 0.25) is 0 Å². The van der Waals surface area contributed by atoms with Crippen LogP contribution in [-0.2, 0) is 0 Å². The number of pyridine rings is 1. The van der Waals surface area contributed by atoms with Crippen LogP contribution in [0, 0.1) is 6.92 Å². The molecule has 2 aromatic rings. The molecule has 2 rings (SSSR count). The number of carbonyl (C=O) groups excluding carboxylic acids is 1. The van der Waals surface area contributed by atoms with Crippen molar-refractivity contribution in [2.24, 2.45) is 0 Å². The van der Waals surface area contributed by atoms with Crippen molar-refractivity contribution in [2.75, 3.05) is 24.1 Å². The lowest BCUT2D eigenvalue weighted by molar-refractivity contribution is 0.0955. The molecule has 0 bridgehead atoms. The molecule has 0 saturated carbocycles. The van der Waals surface area contributed by atoms with Gasteiger partial charge < -0.3 is 16.4 Å². The fraction of sp³-hybridized carbons (Fsp3) is 0.200. The average Bonchev–Trinajstić information content (AvgIpc) is 2.47. The van der Waals surface area contributed by atoms with Gasteiger partial charge in [0.15, 0.2) is 0 Å². The molecule has 0 aliphatic heterocycles. The molecule has 4 N–H and O–H groups in total. The van der Waals surface area contributed by atoms with Crippen LogP contribution in [0.1, 0.15) is 16.1 Å². The standard InChI is InChI=1S/C15H18N4O/c1-11-7-8-13(16)14(19-11)17-9-10-18-15(20)12-5-3-2-4-6-12/h2-8H,9-10,16H2,1H3,(H,17,19)(H,18,20). The van der Waals surface area contributed by atoms with Crippen molar-refractivity contribution < 1.29 is 4.79 Å². The lowest BCUT2D eigenvalue weighted by atomic mass is 10.2. The van der Waals surface area contributed by atoms with Gasteiger partial charge in [0.1, 0.15) is 5.82 Å². The Kier molecular flexibility index (Phi) is 4.55. The van der Waals surface area contributed by atoms with E-state index >= 15 is 0 Å². The molecule has 0 radical (unpaired) electrons. The maximum absolute atomic E-state index is 11.8. The van der Waals surface area contributed by atoms with E-state index < -0.39 is 0 Å². The predicted molar refractivity (Wildman–Crippen MR) is 80.7 cm³/mol. The Balaban J connectivity index is 1.79. The van der Waals surface area contributed by atoms with Crippen LogP contribution in [0.25, 0.3) is 0 Å². The highest BCUT2D eigenvalue weighted by Crippen LogP contribution is 2.14. The molecule has 0 fully saturated rings. The molecule has 0 aliphatic carbocycles. The summed E-state index contributed by atoms with van der Waals surface area (Å²) in [5.41, 5.74) is 7.96. The zero-order valence-electron chi connectivity index (χ0n) is 11.4. The van der Waals surface area contributed by atoms with Crippen molar-refractivity contribution in [3.8, 4) is 0 Å². The van der Waals surface area contributed by atoms with E-state index in [2.05, 4.69) is 15.6 Å². The molecule has 20 heavy (non-hydrogen) atoms. The summed E-state index contributed by atoms with van der Waals surface area (Å²) >= 11 is 0. The monoisotopic (exact) mass is 270 g/mol. The third kappa shape index (κ3) is 3.71. The molecule has 5 heteroatoms. The molecule has 0 spiro atoms. The summed E-state index contributed by atoms with van der Waals surface area (Å²) in [5, 5.41) is 5.94. The van der Waals surface area contributed by atoms with E-state index in [9.17, 15) is 4.79 Å². The Labute approximate surface area is 118 Å². The number of aryl methyl sites for hydroxylation is 1. The highest BCUT2D eigenvalue weighted by molar-refractivity contribution is 5.94. The number of aromatic nitrogens is 1. The molecule has 0 saturated heterocycles. The predicted octanol–water partition coefficient (Wildman–Crippen LogP) is 1.81. The number of amides is 1. The first-order chi connectivity index (χ1) is 9.66. The van der Waals surface area contributed by atoms with E-state index in [4.69, 9.17) is 5.73 Å². The van der Waals surface area contributed by atoms with Crippen LogP contribution in [0.5, 0.6) is 0 Å². The summed E-state index contributed by atoms with van der Waals surface area (Å²) in [6.45, 7) is 2.98. The van der Waals surface area contributed by atoms with Crippen molar-refractivity contribution in [1.29, 1.82) is 0 Å². The Bertz CT molecular complexity index is 584. The highest BCUT2D eigenvalue weighted by Gasteiger charge is 2.04.